The number of aromatic nitrogens is 3. The maximum absolute atomic E-state index is 4.50. The summed E-state index contributed by atoms with van der Waals surface area (Å²) in [7, 11) is 1.82. The second kappa shape index (κ2) is 7.76. The molecule has 6 nitrogen and oxygen atoms in total. The average Bonchev–Trinajstić information content (AvgIpc) is 2.40. The first-order chi connectivity index (χ1) is 9.14. The maximum atomic E-state index is 4.50. The maximum Gasteiger partial charge on any atom is 0.231 e. The quantitative estimate of drug-likeness (QED) is 0.753. The lowest BCUT2D eigenvalue weighted by molar-refractivity contribution is 0.682. The molecule has 0 amide bonds. The summed E-state index contributed by atoms with van der Waals surface area (Å²) in [4.78, 5) is 15.4. The SMILES string of the molecule is CCCC(C)Nc1nc(NC)nc(N(CC)CC)n1. The molecule has 6 heteroatoms. The zero-order chi connectivity index (χ0) is 14.3. The Hall–Kier alpha value is -1.59. The summed E-state index contributed by atoms with van der Waals surface area (Å²) in [6.45, 7) is 10.3. The third kappa shape index (κ3) is 4.54. The molecule has 108 valence electrons. The van der Waals surface area contributed by atoms with Gasteiger partial charge in [0.2, 0.25) is 17.8 Å². The van der Waals surface area contributed by atoms with Crippen molar-refractivity contribution in [2.75, 3.05) is 35.7 Å². The van der Waals surface area contributed by atoms with E-state index in [1.807, 2.05) is 7.05 Å². The Morgan fingerprint density at radius 1 is 1.05 bits per heavy atom. The highest BCUT2D eigenvalue weighted by molar-refractivity contribution is 5.43. The summed E-state index contributed by atoms with van der Waals surface area (Å²) in [5.41, 5.74) is 0. The lowest BCUT2D eigenvalue weighted by atomic mass is 10.2. The van der Waals surface area contributed by atoms with Gasteiger partial charge in [0.05, 0.1) is 0 Å². The van der Waals surface area contributed by atoms with E-state index in [1.54, 1.807) is 0 Å². The van der Waals surface area contributed by atoms with E-state index in [9.17, 15) is 0 Å². The fraction of sp³-hybridized carbons (Fsp3) is 0.769. The molecule has 0 aromatic carbocycles. The van der Waals surface area contributed by atoms with Gasteiger partial charge >= 0.3 is 0 Å². The Morgan fingerprint density at radius 2 is 1.68 bits per heavy atom. The molecule has 0 spiro atoms. The van der Waals surface area contributed by atoms with Gasteiger partial charge in [-0.1, -0.05) is 13.3 Å². The van der Waals surface area contributed by atoms with Gasteiger partial charge in [-0.3, -0.25) is 0 Å². The fourth-order valence-corrected chi connectivity index (χ4v) is 1.91. The van der Waals surface area contributed by atoms with Crippen molar-refractivity contribution in [3.8, 4) is 0 Å². The van der Waals surface area contributed by atoms with Gasteiger partial charge in [0.25, 0.3) is 0 Å². The van der Waals surface area contributed by atoms with Crippen LogP contribution in [0.3, 0.4) is 0 Å². The van der Waals surface area contributed by atoms with E-state index in [0.29, 0.717) is 17.9 Å². The number of hydrogen-bond acceptors (Lipinski definition) is 6. The van der Waals surface area contributed by atoms with Crippen molar-refractivity contribution in [3.63, 3.8) is 0 Å². The minimum atomic E-state index is 0.363. The smallest absolute Gasteiger partial charge is 0.231 e. The van der Waals surface area contributed by atoms with Crippen LogP contribution >= 0.6 is 0 Å². The molecule has 0 saturated carbocycles. The van der Waals surface area contributed by atoms with Crippen molar-refractivity contribution in [2.45, 2.75) is 46.6 Å². The zero-order valence-electron chi connectivity index (χ0n) is 12.7. The molecule has 0 bridgehead atoms. The third-order valence-corrected chi connectivity index (χ3v) is 2.99. The molecular weight excluding hydrogens is 240 g/mol. The Morgan fingerprint density at radius 3 is 2.21 bits per heavy atom. The Labute approximate surface area is 116 Å². The monoisotopic (exact) mass is 266 g/mol. The van der Waals surface area contributed by atoms with E-state index in [-0.39, 0.29) is 0 Å². The lowest BCUT2D eigenvalue weighted by Crippen LogP contribution is -2.26. The van der Waals surface area contributed by atoms with Crippen LogP contribution in [-0.4, -0.2) is 41.1 Å². The van der Waals surface area contributed by atoms with Crippen molar-refractivity contribution >= 4 is 17.8 Å². The van der Waals surface area contributed by atoms with E-state index in [0.717, 1.165) is 31.9 Å². The van der Waals surface area contributed by atoms with Gasteiger partial charge in [-0.05, 0) is 27.2 Å². The van der Waals surface area contributed by atoms with E-state index in [2.05, 4.69) is 58.2 Å². The van der Waals surface area contributed by atoms with Crippen LogP contribution in [-0.2, 0) is 0 Å². The van der Waals surface area contributed by atoms with Crippen molar-refractivity contribution in [1.82, 2.24) is 15.0 Å². The van der Waals surface area contributed by atoms with Gasteiger partial charge in [-0.15, -0.1) is 0 Å². The molecule has 1 heterocycles. The molecule has 19 heavy (non-hydrogen) atoms. The molecule has 0 fully saturated rings. The van der Waals surface area contributed by atoms with Gasteiger partial charge in [0.1, 0.15) is 0 Å². The van der Waals surface area contributed by atoms with Crippen molar-refractivity contribution in [1.29, 1.82) is 0 Å². The van der Waals surface area contributed by atoms with Crippen LogP contribution in [0, 0.1) is 0 Å². The molecular formula is C13H26N6. The van der Waals surface area contributed by atoms with E-state index < -0.39 is 0 Å². The van der Waals surface area contributed by atoms with Crippen LogP contribution < -0.4 is 15.5 Å². The predicted molar refractivity (Wildman–Crippen MR) is 80.9 cm³/mol. The normalized spacial score (nSPS) is 12.1. The lowest BCUT2D eigenvalue weighted by Gasteiger charge is -2.20. The number of nitrogens with one attached hydrogen (secondary N) is 2. The van der Waals surface area contributed by atoms with Crippen LogP contribution in [0.15, 0.2) is 0 Å². The van der Waals surface area contributed by atoms with Crippen molar-refractivity contribution in [3.05, 3.63) is 0 Å². The number of anilines is 3. The van der Waals surface area contributed by atoms with Crippen LogP contribution in [0.4, 0.5) is 17.8 Å². The van der Waals surface area contributed by atoms with E-state index >= 15 is 0 Å². The molecule has 0 aliphatic carbocycles. The Kier molecular flexibility index (Phi) is 6.32. The topological polar surface area (TPSA) is 66.0 Å². The average molecular weight is 266 g/mol. The number of hydrogen-bond donors (Lipinski definition) is 2. The van der Waals surface area contributed by atoms with Crippen LogP contribution in [0.25, 0.3) is 0 Å². The van der Waals surface area contributed by atoms with Gasteiger partial charge < -0.3 is 15.5 Å². The molecule has 2 N–H and O–H groups in total. The highest BCUT2D eigenvalue weighted by atomic mass is 15.3. The molecule has 1 unspecified atom stereocenters. The Bertz CT molecular complexity index is 377. The Balaban J connectivity index is 2.94. The zero-order valence-corrected chi connectivity index (χ0v) is 12.7. The van der Waals surface area contributed by atoms with Gasteiger partial charge in [0, 0.05) is 26.2 Å². The van der Waals surface area contributed by atoms with Crippen LogP contribution in [0.1, 0.15) is 40.5 Å². The molecule has 1 rings (SSSR count). The van der Waals surface area contributed by atoms with E-state index in [1.165, 1.54) is 0 Å². The summed E-state index contributed by atoms with van der Waals surface area (Å²) < 4.78 is 0. The summed E-state index contributed by atoms with van der Waals surface area (Å²) in [6.07, 6.45) is 2.24. The van der Waals surface area contributed by atoms with Gasteiger partial charge in [-0.2, -0.15) is 15.0 Å². The molecule has 1 aromatic heterocycles. The highest BCUT2D eigenvalue weighted by Crippen LogP contribution is 2.14. The van der Waals surface area contributed by atoms with Crippen molar-refractivity contribution < 1.29 is 0 Å². The second-order valence-corrected chi connectivity index (χ2v) is 4.54. The van der Waals surface area contributed by atoms with Crippen LogP contribution in [0.5, 0.6) is 0 Å². The summed E-state index contributed by atoms with van der Waals surface area (Å²) in [6, 6.07) is 0.363. The molecule has 0 radical (unpaired) electrons. The summed E-state index contributed by atoms with van der Waals surface area (Å²) >= 11 is 0. The largest absolute Gasteiger partial charge is 0.357 e. The third-order valence-electron chi connectivity index (χ3n) is 2.99. The molecule has 0 aliphatic heterocycles. The first-order valence-electron chi connectivity index (χ1n) is 7.09. The van der Waals surface area contributed by atoms with Crippen LogP contribution in [0.2, 0.25) is 0 Å². The fourth-order valence-electron chi connectivity index (χ4n) is 1.91. The summed E-state index contributed by atoms with van der Waals surface area (Å²) in [5, 5.41) is 6.32. The minimum absolute atomic E-state index is 0.363. The summed E-state index contributed by atoms with van der Waals surface area (Å²) in [5.74, 6) is 1.96. The second-order valence-electron chi connectivity index (χ2n) is 4.54. The minimum Gasteiger partial charge on any atom is -0.357 e. The standard InChI is InChI=1S/C13H26N6/c1-6-9-10(4)15-12-16-11(14-5)17-13(18-12)19(7-2)8-3/h10H,6-9H2,1-5H3,(H2,14,15,16,17,18). The number of rotatable bonds is 8. The predicted octanol–water partition coefficient (Wildman–Crippen LogP) is 2.36. The van der Waals surface area contributed by atoms with Gasteiger partial charge in [0.15, 0.2) is 0 Å². The number of nitrogens with zero attached hydrogens (tertiary/aromatic N) is 4. The first-order valence-corrected chi connectivity index (χ1v) is 7.09. The van der Waals surface area contributed by atoms with Crippen molar-refractivity contribution in [2.24, 2.45) is 0 Å². The molecule has 0 saturated heterocycles. The van der Waals surface area contributed by atoms with Gasteiger partial charge in [-0.25, -0.2) is 0 Å². The first kappa shape index (κ1) is 15.5. The molecule has 1 atom stereocenters. The van der Waals surface area contributed by atoms with E-state index in [4.69, 9.17) is 0 Å². The molecule has 0 aliphatic rings. The molecule has 1 aromatic rings. The highest BCUT2D eigenvalue weighted by Gasteiger charge is 2.11.